The summed E-state index contributed by atoms with van der Waals surface area (Å²) in [5.41, 5.74) is 10.6. The summed E-state index contributed by atoms with van der Waals surface area (Å²) < 4.78 is 4.50. The van der Waals surface area contributed by atoms with E-state index in [0.29, 0.717) is 0 Å². The molecule has 0 aromatic rings. The van der Waals surface area contributed by atoms with Crippen LogP contribution in [0.25, 0.3) is 0 Å². The number of hydrogen-bond donors (Lipinski definition) is 2. The van der Waals surface area contributed by atoms with Crippen LogP contribution in [-0.2, 0) is 9.53 Å². The molecule has 4 heteroatoms. The predicted molar refractivity (Wildman–Crippen MR) is 30.6 cm³/mol. The van der Waals surface area contributed by atoms with Gasteiger partial charge in [0.25, 0.3) is 0 Å². The average Bonchev–Trinajstić information content (AvgIpc) is 2.10. The Bertz CT molecular complexity index is 205. The first-order valence-corrected chi connectivity index (χ1v) is 2.35. The topological polar surface area (TPSA) is 78.3 Å². The minimum absolute atomic E-state index is 0.236. The van der Waals surface area contributed by atoms with Crippen molar-refractivity contribution >= 4 is 5.97 Å². The SMILES string of the molecule is N/C=C1\OC(=O)C=C1N. The Morgan fingerprint density at radius 3 is 2.56 bits per heavy atom. The molecule has 1 rings (SSSR count). The van der Waals surface area contributed by atoms with Crippen LogP contribution < -0.4 is 11.5 Å². The maximum atomic E-state index is 10.3. The molecule has 0 saturated heterocycles. The fourth-order valence-electron chi connectivity index (χ4n) is 0.525. The van der Waals surface area contributed by atoms with Crippen molar-refractivity contribution < 1.29 is 9.53 Å². The van der Waals surface area contributed by atoms with Gasteiger partial charge in [0.05, 0.1) is 11.8 Å². The van der Waals surface area contributed by atoms with Crippen molar-refractivity contribution in [3.05, 3.63) is 23.7 Å². The third-order valence-corrected chi connectivity index (χ3v) is 0.920. The van der Waals surface area contributed by atoms with Crippen molar-refractivity contribution in [1.82, 2.24) is 0 Å². The van der Waals surface area contributed by atoms with E-state index in [1.165, 1.54) is 6.08 Å². The van der Waals surface area contributed by atoms with Crippen molar-refractivity contribution in [3.8, 4) is 0 Å². The maximum absolute atomic E-state index is 10.3. The van der Waals surface area contributed by atoms with Crippen molar-refractivity contribution in [2.24, 2.45) is 11.5 Å². The number of cyclic esters (lactones) is 1. The minimum Gasteiger partial charge on any atom is -0.420 e. The molecule has 1 heterocycles. The van der Waals surface area contributed by atoms with Crippen LogP contribution >= 0.6 is 0 Å². The molecule has 1 aliphatic rings. The first-order chi connectivity index (χ1) is 4.24. The molecule has 0 atom stereocenters. The molecule has 1 aliphatic heterocycles. The highest BCUT2D eigenvalue weighted by molar-refractivity contribution is 5.87. The van der Waals surface area contributed by atoms with E-state index in [9.17, 15) is 4.79 Å². The second kappa shape index (κ2) is 1.81. The van der Waals surface area contributed by atoms with Crippen LogP contribution in [0.1, 0.15) is 0 Å². The van der Waals surface area contributed by atoms with E-state index in [0.717, 1.165) is 6.20 Å². The molecule has 0 fully saturated rings. The summed E-state index contributed by atoms with van der Waals surface area (Å²) in [6.07, 6.45) is 2.33. The van der Waals surface area contributed by atoms with Gasteiger partial charge in [0, 0.05) is 6.20 Å². The molecule has 0 bridgehead atoms. The maximum Gasteiger partial charge on any atom is 0.338 e. The lowest BCUT2D eigenvalue weighted by atomic mass is 10.4. The molecule has 0 aliphatic carbocycles. The van der Waals surface area contributed by atoms with Crippen LogP contribution in [0.5, 0.6) is 0 Å². The molecular formula is C5H6N2O2. The summed E-state index contributed by atoms with van der Waals surface area (Å²) >= 11 is 0. The highest BCUT2D eigenvalue weighted by Gasteiger charge is 2.15. The molecule has 0 radical (unpaired) electrons. The fourth-order valence-corrected chi connectivity index (χ4v) is 0.525. The summed E-state index contributed by atoms with van der Waals surface area (Å²) in [6.45, 7) is 0. The van der Waals surface area contributed by atoms with E-state index in [2.05, 4.69) is 4.74 Å². The zero-order valence-corrected chi connectivity index (χ0v) is 4.63. The number of carbonyl (C=O) groups excluding carboxylic acids is 1. The lowest BCUT2D eigenvalue weighted by Crippen LogP contribution is -1.99. The first-order valence-electron chi connectivity index (χ1n) is 2.35. The molecule has 4 N–H and O–H groups in total. The highest BCUT2D eigenvalue weighted by Crippen LogP contribution is 2.12. The Hall–Kier alpha value is -1.45. The molecule has 9 heavy (non-hydrogen) atoms. The molecule has 0 aromatic heterocycles. The van der Waals surface area contributed by atoms with E-state index < -0.39 is 5.97 Å². The van der Waals surface area contributed by atoms with Crippen molar-refractivity contribution in [3.63, 3.8) is 0 Å². The van der Waals surface area contributed by atoms with Gasteiger partial charge in [0.1, 0.15) is 0 Å². The smallest absolute Gasteiger partial charge is 0.338 e. The highest BCUT2D eigenvalue weighted by atomic mass is 16.5. The zero-order chi connectivity index (χ0) is 6.85. The normalized spacial score (nSPS) is 22.0. The van der Waals surface area contributed by atoms with Crippen LogP contribution in [0.2, 0.25) is 0 Å². The predicted octanol–water partition coefficient (Wildman–Crippen LogP) is -0.814. The van der Waals surface area contributed by atoms with Crippen LogP contribution in [0.15, 0.2) is 23.7 Å². The van der Waals surface area contributed by atoms with Crippen molar-refractivity contribution in [2.75, 3.05) is 0 Å². The van der Waals surface area contributed by atoms with Crippen LogP contribution in [0.3, 0.4) is 0 Å². The molecule has 0 unspecified atom stereocenters. The van der Waals surface area contributed by atoms with Gasteiger partial charge in [-0.1, -0.05) is 0 Å². The molecule has 0 aromatic carbocycles. The molecule has 0 spiro atoms. The minimum atomic E-state index is -0.468. The average molecular weight is 126 g/mol. The number of carbonyl (C=O) groups is 1. The molecule has 0 saturated carbocycles. The Balaban J connectivity index is 2.89. The van der Waals surface area contributed by atoms with Gasteiger partial charge in [0.2, 0.25) is 0 Å². The summed E-state index contributed by atoms with van der Waals surface area (Å²) in [5.74, 6) is -0.232. The second-order valence-corrected chi connectivity index (χ2v) is 1.55. The standard InChI is InChI=1S/C5H6N2O2/c6-2-4-3(7)1-5(8)9-4/h1-2H,6-7H2/b4-2-. The number of rotatable bonds is 0. The van der Waals surface area contributed by atoms with Gasteiger partial charge >= 0.3 is 5.97 Å². The quantitative estimate of drug-likeness (QED) is 0.416. The second-order valence-electron chi connectivity index (χ2n) is 1.55. The largest absolute Gasteiger partial charge is 0.420 e. The monoisotopic (exact) mass is 126 g/mol. The molecule has 48 valence electrons. The van der Waals surface area contributed by atoms with Gasteiger partial charge < -0.3 is 16.2 Å². The Labute approximate surface area is 51.8 Å². The number of hydrogen-bond acceptors (Lipinski definition) is 4. The van der Waals surface area contributed by atoms with Crippen LogP contribution in [-0.4, -0.2) is 5.97 Å². The number of ether oxygens (including phenoxy) is 1. The van der Waals surface area contributed by atoms with Crippen LogP contribution in [0.4, 0.5) is 0 Å². The van der Waals surface area contributed by atoms with Gasteiger partial charge in [-0.05, 0) is 0 Å². The van der Waals surface area contributed by atoms with Crippen molar-refractivity contribution in [2.45, 2.75) is 0 Å². The van der Waals surface area contributed by atoms with Gasteiger partial charge in [-0.25, -0.2) is 4.79 Å². The third kappa shape index (κ3) is 0.861. The van der Waals surface area contributed by atoms with Crippen molar-refractivity contribution in [1.29, 1.82) is 0 Å². The molecule has 0 amide bonds. The van der Waals surface area contributed by atoms with Gasteiger partial charge in [-0.3, -0.25) is 0 Å². The summed E-state index contributed by atoms with van der Waals surface area (Å²) in [7, 11) is 0. The summed E-state index contributed by atoms with van der Waals surface area (Å²) in [5, 5.41) is 0. The van der Waals surface area contributed by atoms with Gasteiger partial charge in [-0.2, -0.15) is 0 Å². The van der Waals surface area contributed by atoms with E-state index in [-0.39, 0.29) is 11.5 Å². The number of nitrogens with two attached hydrogens (primary N) is 2. The Morgan fingerprint density at radius 2 is 2.33 bits per heavy atom. The lowest BCUT2D eigenvalue weighted by Gasteiger charge is -1.93. The van der Waals surface area contributed by atoms with E-state index in [1.54, 1.807) is 0 Å². The van der Waals surface area contributed by atoms with E-state index in [1.807, 2.05) is 0 Å². The third-order valence-electron chi connectivity index (χ3n) is 0.920. The van der Waals surface area contributed by atoms with E-state index in [4.69, 9.17) is 11.5 Å². The Morgan fingerprint density at radius 1 is 1.67 bits per heavy atom. The van der Waals surface area contributed by atoms with E-state index >= 15 is 0 Å². The fraction of sp³-hybridized carbons (Fsp3) is 0. The number of esters is 1. The van der Waals surface area contributed by atoms with Crippen LogP contribution in [0, 0.1) is 0 Å². The Kier molecular flexibility index (Phi) is 1.14. The molecule has 4 nitrogen and oxygen atoms in total. The first kappa shape index (κ1) is 5.68. The molecular weight excluding hydrogens is 120 g/mol. The summed E-state index contributed by atoms with van der Waals surface area (Å²) in [4.78, 5) is 10.3. The lowest BCUT2D eigenvalue weighted by molar-refractivity contribution is -0.132. The zero-order valence-electron chi connectivity index (χ0n) is 4.63. The van der Waals surface area contributed by atoms with Gasteiger partial charge in [-0.15, -0.1) is 0 Å². The summed E-state index contributed by atoms with van der Waals surface area (Å²) in [6, 6.07) is 0. The van der Waals surface area contributed by atoms with Gasteiger partial charge in [0.15, 0.2) is 5.76 Å².